The fourth-order valence-electron chi connectivity index (χ4n) is 1.23. The third-order valence-electron chi connectivity index (χ3n) is 2.07. The highest BCUT2D eigenvalue weighted by Crippen LogP contribution is 2.34. The Morgan fingerprint density at radius 3 is 2.30 bits per heavy atom. The van der Waals surface area contributed by atoms with Crippen LogP contribution in [0.2, 0.25) is 0 Å². The summed E-state index contributed by atoms with van der Waals surface area (Å²) < 4.78 is 41.8. The van der Waals surface area contributed by atoms with Crippen molar-refractivity contribution in [1.82, 2.24) is 5.32 Å². The van der Waals surface area contributed by atoms with Crippen molar-refractivity contribution in [1.29, 1.82) is 0 Å². The molecule has 0 saturated carbocycles. The van der Waals surface area contributed by atoms with Gasteiger partial charge in [-0.3, -0.25) is 4.79 Å². The number of alkyl halides is 3. The zero-order valence-electron chi connectivity index (χ0n) is 9.93. The van der Waals surface area contributed by atoms with Gasteiger partial charge in [-0.1, -0.05) is 0 Å². The molecule has 1 aromatic carbocycles. The summed E-state index contributed by atoms with van der Waals surface area (Å²) in [5.41, 5.74) is 0.609. The molecule has 0 unspecified atom stereocenters. The zero-order chi connectivity index (χ0) is 15.3. The smallest absolute Gasteiger partial charge is 0.405 e. The first-order valence-electron chi connectivity index (χ1n) is 5.28. The van der Waals surface area contributed by atoms with Crippen LogP contribution < -0.4 is 10.1 Å². The van der Waals surface area contributed by atoms with Gasteiger partial charge >= 0.3 is 6.18 Å². The van der Waals surface area contributed by atoms with Crippen molar-refractivity contribution in [3.63, 3.8) is 0 Å². The predicted molar refractivity (Wildman–Crippen MR) is 72.3 cm³/mol. The first kappa shape index (κ1) is 17.3. The van der Waals surface area contributed by atoms with Gasteiger partial charge in [0.2, 0.25) is 0 Å². The normalized spacial score (nSPS) is 11.3. The van der Waals surface area contributed by atoms with Gasteiger partial charge in [0.05, 0.1) is 15.6 Å². The van der Waals surface area contributed by atoms with Crippen LogP contribution in [-0.4, -0.2) is 30.3 Å². The monoisotopic (exact) mass is 419 g/mol. The van der Waals surface area contributed by atoms with Gasteiger partial charge in [-0.05, 0) is 49.6 Å². The summed E-state index contributed by atoms with van der Waals surface area (Å²) in [6.07, 6.45) is -4.46. The topological polar surface area (TPSA) is 58.6 Å². The van der Waals surface area contributed by atoms with E-state index in [1.807, 2.05) is 0 Å². The summed E-state index contributed by atoms with van der Waals surface area (Å²) in [7, 11) is 0. The molecule has 0 saturated heterocycles. The van der Waals surface area contributed by atoms with Crippen LogP contribution in [0, 0.1) is 0 Å². The lowest BCUT2D eigenvalue weighted by atomic mass is 10.2. The third-order valence-corrected chi connectivity index (χ3v) is 3.25. The molecule has 2 N–H and O–H groups in total. The van der Waals surface area contributed by atoms with Crippen LogP contribution in [0.4, 0.5) is 13.2 Å². The molecule has 0 aromatic heterocycles. The maximum absolute atomic E-state index is 11.9. The van der Waals surface area contributed by atoms with E-state index in [1.54, 1.807) is 17.4 Å². The number of hydrogen-bond acceptors (Lipinski definition) is 3. The summed E-state index contributed by atoms with van der Waals surface area (Å²) in [4.78, 5) is 11.2. The maximum Gasteiger partial charge on any atom is 0.405 e. The lowest BCUT2D eigenvalue weighted by molar-refractivity contribution is -0.139. The van der Waals surface area contributed by atoms with Crippen molar-refractivity contribution in [2.45, 2.75) is 12.8 Å². The van der Waals surface area contributed by atoms with Gasteiger partial charge in [0.25, 0.3) is 5.91 Å². The van der Waals surface area contributed by atoms with Crippen molar-refractivity contribution >= 4 is 37.8 Å². The van der Waals surface area contributed by atoms with Gasteiger partial charge in [-0.2, -0.15) is 13.2 Å². The molecule has 0 radical (unpaired) electrons. The lowest BCUT2D eigenvalue weighted by Crippen LogP contribution is -2.36. The molecule has 20 heavy (non-hydrogen) atoms. The first-order valence-corrected chi connectivity index (χ1v) is 6.86. The SMILES string of the molecule is O=C(COc1c(Br)cc(CO)cc1Br)NCC(F)(F)F. The van der Waals surface area contributed by atoms with Crippen LogP contribution in [0.1, 0.15) is 5.56 Å². The van der Waals surface area contributed by atoms with Crippen LogP contribution in [-0.2, 0) is 11.4 Å². The van der Waals surface area contributed by atoms with E-state index in [1.165, 1.54) is 0 Å². The molecule has 0 bridgehead atoms. The molecule has 0 heterocycles. The second kappa shape index (κ2) is 7.28. The fraction of sp³-hybridized carbons (Fsp3) is 0.364. The molecular formula is C11H10Br2F3NO3. The highest BCUT2D eigenvalue weighted by atomic mass is 79.9. The number of halogens is 5. The van der Waals surface area contributed by atoms with Crippen molar-refractivity contribution in [2.24, 2.45) is 0 Å². The number of aliphatic hydroxyl groups is 1. The van der Waals surface area contributed by atoms with Gasteiger partial charge in [0, 0.05) is 0 Å². The highest BCUT2D eigenvalue weighted by Gasteiger charge is 2.27. The van der Waals surface area contributed by atoms with Gasteiger partial charge in [0.1, 0.15) is 12.3 Å². The molecule has 0 aliphatic carbocycles. The maximum atomic E-state index is 11.9. The number of carbonyl (C=O) groups is 1. The van der Waals surface area contributed by atoms with Crippen LogP contribution in [0.15, 0.2) is 21.1 Å². The molecule has 0 spiro atoms. The second-order valence-corrected chi connectivity index (χ2v) is 5.44. The van der Waals surface area contributed by atoms with E-state index >= 15 is 0 Å². The van der Waals surface area contributed by atoms with E-state index in [0.717, 1.165) is 0 Å². The number of carbonyl (C=O) groups excluding carboxylic acids is 1. The third kappa shape index (κ3) is 5.68. The number of benzene rings is 1. The van der Waals surface area contributed by atoms with E-state index in [4.69, 9.17) is 9.84 Å². The Kier molecular flexibility index (Phi) is 6.28. The van der Waals surface area contributed by atoms with Crippen LogP contribution in [0.5, 0.6) is 5.75 Å². The molecule has 1 aromatic rings. The molecule has 0 aliphatic rings. The average molecular weight is 421 g/mol. The number of amides is 1. The Morgan fingerprint density at radius 1 is 1.30 bits per heavy atom. The summed E-state index contributed by atoms with van der Waals surface area (Å²) >= 11 is 6.36. The molecule has 112 valence electrons. The number of hydrogen-bond donors (Lipinski definition) is 2. The fourth-order valence-corrected chi connectivity index (χ4v) is 2.74. The van der Waals surface area contributed by atoms with Gasteiger partial charge in [-0.25, -0.2) is 0 Å². The Balaban J connectivity index is 2.60. The first-order chi connectivity index (χ1) is 9.23. The van der Waals surface area contributed by atoms with Crippen molar-refractivity contribution < 1.29 is 27.8 Å². The quantitative estimate of drug-likeness (QED) is 0.770. The Bertz CT molecular complexity index is 471. The largest absolute Gasteiger partial charge is 0.481 e. The Labute approximate surface area is 129 Å². The predicted octanol–water partition coefficient (Wildman–Crippen LogP) is 2.76. The standard InChI is InChI=1S/C11H10Br2F3NO3/c12-7-1-6(3-18)2-8(13)10(7)20-4-9(19)17-5-11(14,15)16/h1-2,18H,3-5H2,(H,17,19). The summed E-state index contributed by atoms with van der Waals surface area (Å²) in [6.45, 7) is -2.13. The number of nitrogens with one attached hydrogen (secondary N) is 1. The molecule has 0 fully saturated rings. The average Bonchev–Trinajstić information content (AvgIpc) is 2.34. The molecule has 4 nitrogen and oxygen atoms in total. The van der Waals surface area contributed by atoms with E-state index in [0.29, 0.717) is 14.5 Å². The van der Waals surface area contributed by atoms with E-state index in [9.17, 15) is 18.0 Å². The number of aliphatic hydroxyl groups excluding tert-OH is 1. The second-order valence-electron chi connectivity index (χ2n) is 3.73. The van der Waals surface area contributed by atoms with Crippen LogP contribution >= 0.6 is 31.9 Å². The number of rotatable bonds is 5. The molecule has 0 aliphatic heterocycles. The van der Waals surface area contributed by atoms with E-state index in [2.05, 4.69) is 31.9 Å². The molecule has 0 atom stereocenters. The van der Waals surface area contributed by atoms with E-state index < -0.39 is 25.2 Å². The Hall–Kier alpha value is -0.800. The molecular weight excluding hydrogens is 411 g/mol. The molecule has 1 rings (SSSR count). The minimum Gasteiger partial charge on any atom is -0.481 e. The van der Waals surface area contributed by atoms with E-state index in [-0.39, 0.29) is 12.4 Å². The zero-order valence-corrected chi connectivity index (χ0v) is 13.1. The minimum atomic E-state index is -4.46. The summed E-state index contributed by atoms with van der Waals surface area (Å²) in [5, 5.41) is 10.7. The highest BCUT2D eigenvalue weighted by molar-refractivity contribution is 9.11. The molecule has 9 heteroatoms. The van der Waals surface area contributed by atoms with Crippen molar-refractivity contribution in [2.75, 3.05) is 13.2 Å². The van der Waals surface area contributed by atoms with Crippen LogP contribution in [0.3, 0.4) is 0 Å². The van der Waals surface area contributed by atoms with Gasteiger partial charge in [0.15, 0.2) is 6.61 Å². The van der Waals surface area contributed by atoms with Crippen molar-refractivity contribution in [3.05, 3.63) is 26.6 Å². The van der Waals surface area contributed by atoms with Crippen LogP contribution in [0.25, 0.3) is 0 Å². The van der Waals surface area contributed by atoms with Gasteiger partial charge in [-0.15, -0.1) is 0 Å². The Morgan fingerprint density at radius 2 is 1.85 bits per heavy atom. The molecule has 1 amide bonds. The minimum absolute atomic E-state index is 0.177. The lowest BCUT2D eigenvalue weighted by Gasteiger charge is -2.12. The number of ether oxygens (including phenoxy) is 1. The van der Waals surface area contributed by atoms with Crippen molar-refractivity contribution in [3.8, 4) is 5.75 Å². The summed E-state index contributed by atoms with van der Waals surface area (Å²) in [5.74, 6) is -0.614. The summed E-state index contributed by atoms with van der Waals surface area (Å²) in [6, 6.07) is 3.15. The van der Waals surface area contributed by atoms with Gasteiger partial charge < -0.3 is 15.2 Å².